The lowest BCUT2D eigenvalue weighted by atomic mass is 9.91. The summed E-state index contributed by atoms with van der Waals surface area (Å²) < 4.78 is 14.1. The summed E-state index contributed by atoms with van der Waals surface area (Å²) in [5.74, 6) is -1.39. The minimum Gasteiger partial charge on any atom is -0.477 e. The van der Waals surface area contributed by atoms with Gasteiger partial charge in [0.05, 0.1) is 5.69 Å². The van der Waals surface area contributed by atoms with E-state index in [-0.39, 0.29) is 16.1 Å². The van der Waals surface area contributed by atoms with Crippen molar-refractivity contribution >= 4 is 33.2 Å². The first-order valence-corrected chi connectivity index (χ1v) is 7.51. The Bertz CT molecular complexity index is 676. The van der Waals surface area contributed by atoms with E-state index in [0.29, 0.717) is 20.7 Å². The first-order chi connectivity index (χ1) is 9.20. The first-order valence-electron chi connectivity index (χ1n) is 5.90. The number of thiazole rings is 1. The van der Waals surface area contributed by atoms with Gasteiger partial charge in [0.2, 0.25) is 0 Å². The lowest BCUT2D eigenvalue weighted by Gasteiger charge is -2.16. The lowest BCUT2D eigenvalue weighted by molar-refractivity contribution is 0.0699. The number of hydrogen-bond acceptors (Lipinski definition) is 3. The fraction of sp³-hybridized carbons (Fsp3) is 0.286. The second-order valence-corrected chi connectivity index (χ2v) is 7.23. The number of aromatic carboxylic acids is 1. The van der Waals surface area contributed by atoms with E-state index in [1.165, 1.54) is 12.1 Å². The number of carboxylic acids is 1. The van der Waals surface area contributed by atoms with Crippen LogP contribution in [0.2, 0.25) is 0 Å². The summed E-state index contributed by atoms with van der Waals surface area (Å²) in [6.45, 7) is 5.71. The average molecular weight is 358 g/mol. The van der Waals surface area contributed by atoms with E-state index in [1.807, 2.05) is 20.8 Å². The van der Waals surface area contributed by atoms with Crippen molar-refractivity contribution < 1.29 is 14.3 Å². The van der Waals surface area contributed by atoms with E-state index in [9.17, 15) is 14.3 Å². The SMILES string of the molecule is CC(C)(C)c1nc(-c2cc(F)ccc2Br)sc1C(=O)O. The number of nitrogens with zero attached hydrogens (tertiary/aromatic N) is 1. The molecule has 3 nitrogen and oxygen atoms in total. The van der Waals surface area contributed by atoms with Crippen molar-refractivity contribution in [1.82, 2.24) is 4.98 Å². The fourth-order valence-corrected chi connectivity index (χ4v) is 3.46. The van der Waals surface area contributed by atoms with E-state index in [1.54, 1.807) is 6.07 Å². The molecule has 0 aliphatic rings. The number of carboxylic acid groups (broad SMARTS) is 1. The Morgan fingerprint density at radius 1 is 1.40 bits per heavy atom. The molecular weight excluding hydrogens is 345 g/mol. The molecule has 0 bridgehead atoms. The third-order valence-corrected chi connectivity index (χ3v) is 4.46. The van der Waals surface area contributed by atoms with Crippen LogP contribution in [-0.2, 0) is 5.41 Å². The quantitative estimate of drug-likeness (QED) is 0.846. The fourth-order valence-electron chi connectivity index (χ4n) is 1.75. The van der Waals surface area contributed by atoms with Gasteiger partial charge in [-0.05, 0) is 18.2 Å². The van der Waals surface area contributed by atoms with Crippen molar-refractivity contribution in [2.45, 2.75) is 26.2 Å². The molecule has 0 atom stereocenters. The third-order valence-electron chi connectivity index (χ3n) is 2.69. The number of halogens is 2. The normalized spacial score (nSPS) is 11.7. The van der Waals surface area contributed by atoms with Crippen LogP contribution in [-0.4, -0.2) is 16.1 Å². The minimum atomic E-state index is -1.01. The van der Waals surface area contributed by atoms with E-state index in [4.69, 9.17) is 0 Å². The van der Waals surface area contributed by atoms with Gasteiger partial charge in [-0.2, -0.15) is 0 Å². The van der Waals surface area contributed by atoms with Gasteiger partial charge in [-0.1, -0.05) is 36.7 Å². The molecule has 2 rings (SSSR count). The zero-order chi connectivity index (χ0) is 15.1. The Morgan fingerprint density at radius 2 is 2.05 bits per heavy atom. The van der Waals surface area contributed by atoms with Crippen LogP contribution in [0.5, 0.6) is 0 Å². The molecule has 0 saturated heterocycles. The molecule has 0 spiro atoms. The lowest BCUT2D eigenvalue weighted by Crippen LogP contribution is -2.16. The van der Waals surface area contributed by atoms with Gasteiger partial charge >= 0.3 is 5.97 Å². The average Bonchev–Trinajstić information content (AvgIpc) is 2.77. The molecule has 0 amide bonds. The summed E-state index contributed by atoms with van der Waals surface area (Å²) in [7, 11) is 0. The first kappa shape index (κ1) is 15.1. The molecule has 0 saturated carbocycles. The van der Waals surface area contributed by atoms with Gasteiger partial charge in [0.1, 0.15) is 15.7 Å². The molecule has 106 valence electrons. The maximum absolute atomic E-state index is 13.4. The molecule has 1 aromatic carbocycles. The van der Waals surface area contributed by atoms with Crippen molar-refractivity contribution in [3.8, 4) is 10.6 Å². The second kappa shape index (κ2) is 5.26. The second-order valence-electron chi connectivity index (χ2n) is 5.38. The maximum Gasteiger partial charge on any atom is 0.347 e. The zero-order valence-electron chi connectivity index (χ0n) is 11.2. The predicted octanol–water partition coefficient (Wildman–Crippen LogP) is 4.71. The molecule has 1 aromatic heterocycles. The highest BCUT2D eigenvalue weighted by molar-refractivity contribution is 9.10. The van der Waals surface area contributed by atoms with Gasteiger partial charge in [0.15, 0.2) is 0 Å². The van der Waals surface area contributed by atoms with Gasteiger partial charge in [-0.3, -0.25) is 0 Å². The van der Waals surface area contributed by atoms with Gasteiger partial charge in [0.25, 0.3) is 0 Å². The van der Waals surface area contributed by atoms with Gasteiger partial charge < -0.3 is 5.11 Å². The molecular formula is C14H13BrFNO2S. The Balaban J connectivity index is 2.65. The number of benzene rings is 1. The molecule has 0 unspecified atom stereocenters. The molecule has 0 radical (unpaired) electrons. The smallest absolute Gasteiger partial charge is 0.347 e. The summed E-state index contributed by atoms with van der Waals surface area (Å²) in [5, 5.41) is 9.80. The highest BCUT2D eigenvalue weighted by atomic mass is 79.9. The van der Waals surface area contributed by atoms with E-state index >= 15 is 0 Å². The maximum atomic E-state index is 13.4. The molecule has 0 fully saturated rings. The summed E-state index contributed by atoms with van der Waals surface area (Å²) in [5.41, 5.74) is 0.691. The number of rotatable bonds is 2. The van der Waals surface area contributed by atoms with Crippen LogP contribution >= 0.6 is 27.3 Å². The van der Waals surface area contributed by atoms with Crippen molar-refractivity contribution in [2.75, 3.05) is 0 Å². The molecule has 0 aliphatic carbocycles. The van der Waals surface area contributed by atoms with Crippen LogP contribution in [0.1, 0.15) is 36.1 Å². The Labute approximate surface area is 128 Å². The molecule has 1 N–H and O–H groups in total. The predicted molar refractivity (Wildman–Crippen MR) is 80.9 cm³/mol. The number of carbonyl (C=O) groups is 1. The van der Waals surface area contributed by atoms with Crippen LogP contribution in [0.3, 0.4) is 0 Å². The van der Waals surface area contributed by atoms with Crippen molar-refractivity contribution in [1.29, 1.82) is 0 Å². The van der Waals surface area contributed by atoms with Crippen molar-refractivity contribution in [3.63, 3.8) is 0 Å². The summed E-state index contributed by atoms with van der Waals surface area (Å²) in [6, 6.07) is 4.27. The minimum absolute atomic E-state index is 0.198. The van der Waals surface area contributed by atoms with E-state index < -0.39 is 5.97 Å². The molecule has 1 heterocycles. The Hall–Kier alpha value is -1.27. The molecule has 6 heteroatoms. The van der Waals surface area contributed by atoms with Gasteiger partial charge in [-0.25, -0.2) is 14.2 Å². The summed E-state index contributed by atoms with van der Waals surface area (Å²) in [6.07, 6.45) is 0. The zero-order valence-corrected chi connectivity index (χ0v) is 13.6. The van der Waals surface area contributed by atoms with Crippen molar-refractivity contribution in [2.24, 2.45) is 0 Å². The molecule has 0 aliphatic heterocycles. The van der Waals surface area contributed by atoms with E-state index in [0.717, 1.165) is 11.3 Å². The summed E-state index contributed by atoms with van der Waals surface area (Å²) >= 11 is 4.40. The van der Waals surface area contributed by atoms with Crippen LogP contribution in [0.25, 0.3) is 10.6 Å². The highest BCUT2D eigenvalue weighted by Gasteiger charge is 2.27. The van der Waals surface area contributed by atoms with Crippen LogP contribution in [0.4, 0.5) is 4.39 Å². The molecule has 2 aromatic rings. The monoisotopic (exact) mass is 357 g/mol. The third kappa shape index (κ3) is 2.91. The Kier molecular flexibility index (Phi) is 3.97. The van der Waals surface area contributed by atoms with E-state index in [2.05, 4.69) is 20.9 Å². The topological polar surface area (TPSA) is 50.2 Å². The largest absolute Gasteiger partial charge is 0.477 e. The highest BCUT2D eigenvalue weighted by Crippen LogP contribution is 2.37. The van der Waals surface area contributed by atoms with Gasteiger partial charge in [-0.15, -0.1) is 11.3 Å². The number of aromatic nitrogens is 1. The van der Waals surface area contributed by atoms with Gasteiger partial charge in [0, 0.05) is 15.5 Å². The molecule has 20 heavy (non-hydrogen) atoms. The Morgan fingerprint density at radius 3 is 2.55 bits per heavy atom. The number of hydrogen-bond donors (Lipinski definition) is 1. The summed E-state index contributed by atoms with van der Waals surface area (Å²) in [4.78, 5) is 16.0. The van der Waals surface area contributed by atoms with Crippen LogP contribution in [0.15, 0.2) is 22.7 Å². The van der Waals surface area contributed by atoms with Crippen molar-refractivity contribution in [3.05, 3.63) is 39.1 Å². The van der Waals surface area contributed by atoms with Crippen LogP contribution < -0.4 is 0 Å². The standard InChI is InChI=1S/C14H13BrFNO2S/c1-14(2,3)11-10(13(18)19)20-12(17-11)8-6-7(16)4-5-9(8)15/h4-6H,1-3H3,(H,18,19). The van der Waals surface area contributed by atoms with Crippen LogP contribution in [0, 0.1) is 5.82 Å².